The molecule has 0 aromatic heterocycles. The Labute approximate surface area is 92.4 Å². The van der Waals surface area contributed by atoms with Crippen molar-refractivity contribution in [3.05, 3.63) is 11.1 Å². The molecule has 0 aromatic rings. The van der Waals surface area contributed by atoms with Gasteiger partial charge in [0.25, 0.3) is 0 Å². The molecule has 0 fully saturated rings. The highest BCUT2D eigenvalue weighted by atomic mass is 16.5. The maximum Gasteiger partial charge on any atom is 0.350 e. The lowest BCUT2D eigenvalue weighted by Gasteiger charge is -2.09. The summed E-state index contributed by atoms with van der Waals surface area (Å²) in [6, 6.07) is 2.65. The molecule has 1 atom stereocenters. The molecule has 0 aliphatic carbocycles. The Morgan fingerprint density at radius 3 is 2.12 bits per heavy atom. The van der Waals surface area contributed by atoms with E-state index in [2.05, 4.69) is 0 Å². The van der Waals surface area contributed by atoms with Crippen LogP contribution in [0.2, 0.25) is 0 Å². The van der Waals surface area contributed by atoms with Crippen molar-refractivity contribution in [1.29, 1.82) is 10.5 Å². The Morgan fingerprint density at radius 1 is 1.31 bits per heavy atom. The molecule has 0 heterocycles. The standard InChI is InChI=1S/C10H10N2O4/c1-3-6(2)16-10(15)8(5-12)7(4-11)9(13)14/h6H,3H2,1-2H3,(H,13,14). The van der Waals surface area contributed by atoms with Crippen molar-refractivity contribution in [2.45, 2.75) is 26.4 Å². The zero-order valence-electron chi connectivity index (χ0n) is 8.85. The van der Waals surface area contributed by atoms with Crippen LogP contribution in [0.25, 0.3) is 0 Å². The number of nitrogens with zero attached hydrogens (tertiary/aromatic N) is 2. The van der Waals surface area contributed by atoms with Gasteiger partial charge in [-0.15, -0.1) is 0 Å². The molecule has 0 rings (SSSR count). The van der Waals surface area contributed by atoms with Gasteiger partial charge in [0.2, 0.25) is 0 Å². The summed E-state index contributed by atoms with van der Waals surface area (Å²) in [7, 11) is 0. The number of ether oxygens (including phenoxy) is 1. The lowest BCUT2D eigenvalue weighted by Crippen LogP contribution is -2.18. The summed E-state index contributed by atoms with van der Waals surface area (Å²) in [6.07, 6.45) is 0.0870. The van der Waals surface area contributed by atoms with E-state index in [9.17, 15) is 9.59 Å². The van der Waals surface area contributed by atoms with Crippen molar-refractivity contribution in [2.75, 3.05) is 0 Å². The second-order valence-electron chi connectivity index (χ2n) is 2.90. The highest BCUT2D eigenvalue weighted by molar-refractivity contribution is 6.05. The van der Waals surface area contributed by atoms with Crippen molar-refractivity contribution in [3.63, 3.8) is 0 Å². The van der Waals surface area contributed by atoms with Gasteiger partial charge in [0, 0.05) is 0 Å². The number of esters is 1. The average Bonchev–Trinajstić information content (AvgIpc) is 2.24. The number of rotatable bonds is 4. The fraction of sp³-hybridized carbons (Fsp3) is 0.400. The van der Waals surface area contributed by atoms with Gasteiger partial charge in [-0.3, -0.25) is 0 Å². The van der Waals surface area contributed by atoms with Gasteiger partial charge in [0.1, 0.15) is 12.1 Å². The second kappa shape index (κ2) is 6.20. The largest absolute Gasteiger partial charge is 0.477 e. The molecule has 0 aliphatic rings. The Balaban J connectivity index is 5.17. The number of aliphatic carboxylic acids is 1. The van der Waals surface area contributed by atoms with Crippen LogP contribution < -0.4 is 0 Å². The number of hydrogen-bond donors (Lipinski definition) is 1. The summed E-state index contributed by atoms with van der Waals surface area (Å²) in [5, 5.41) is 25.7. The van der Waals surface area contributed by atoms with Crippen LogP contribution in [-0.4, -0.2) is 23.1 Å². The number of hydrogen-bond acceptors (Lipinski definition) is 5. The minimum Gasteiger partial charge on any atom is -0.477 e. The lowest BCUT2D eigenvalue weighted by atomic mass is 10.1. The molecule has 0 aliphatic heterocycles. The molecular weight excluding hydrogens is 212 g/mol. The molecular formula is C10H10N2O4. The van der Waals surface area contributed by atoms with Crippen LogP contribution in [0.5, 0.6) is 0 Å². The summed E-state index contributed by atoms with van der Waals surface area (Å²) in [6.45, 7) is 3.36. The van der Waals surface area contributed by atoms with Gasteiger partial charge in [0.05, 0.1) is 6.10 Å². The third-order valence-electron chi connectivity index (χ3n) is 1.77. The zero-order valence-corrected chi connectivity index (χ0v) is 8.85. The van der Waals surface area contributed by atoms with Crippen LogP contribution in [0, 0.1) is 22.7 Å². The molecule has 0 saturated carbocycles. The van der Waals surface area contributed by atoms with Crippen molar-refractivity contribution >= 4 is 11.9 Å². The first-order valence-corrected chi connectivity index (χ1v) is 4.46. The third-order valence-corrected chi connectivity index (χ3v) is 1.77. The minimum atomic E-state index is -1.62. The highest BCUT2D eigenvalue weighted by Crippen LogP contribution is 2.08. The van der Waals surface area contributed by atoms with E-state index >= 15 is 0 Å². The zero-order chi connectivity index (χ0) is 12.7. The SMILES string of the molecule is CCC(C)OC(=O)C(C#N)=C(C#N)C(=O)O. The highest BCUT2D eigenvalue weighted by Gasteiger charge is 2.23. The number of carbonyl (C=O) groups excluding carboxylic acids is 1. The number of carboxylic acids is 1. The van der Waals surface area contributed by atoms with Gasteiger partial charge in [0.15, 0.2) is 11.1 Å². The lowest BCUT2D eigenvalue weighted by molar-refractivity contribution is -0.143. The number of carboxylic acid groups (broad SMARTS) is 1. The van der Waals surface area contributed by atoms with Crippen molar-refractivity contribution in [3.8, 4) is 12.1 Å². The van der Waals surface area contributed by atoms with E-state index in [1.54, 1.807) is 13.8 Å². The van der Waals surface area contributed by atoms with E-state index in [0.29, 0.717) is 6.42 Å². The summed E-state index contributed by atoms with van der Waals surface area (Å²) in [5.41, 5.74) is -1.69. The van der Waals surface area contributed by atoms with Gasteiger partial charge in [-0.1, -0.05) is 6.92 Å². The molecule has 84 valence electrons. The minimum absolute atomic E-state index is 0.440. The van der Waals surface area contributed by atoms with Crippen molar-refractivity contribution in [2.24, 2.45) is 0 Å². The Morgan fingerprint density at radius 2 is 1.81 bits per heavy atom. The molecule has 0 saturated heterocycles. The van der Waals surface area contributed by atoms with Gasteiger partial charge in [-0.2, -0.15) is 10.5 Å². The monoisotopic (exact) mass is 222 g/mol. The Hall–Kier alpha value is -2.34. The first-order valence-electron chi connectivity index (χ1n) is 4.46. The summed E-state index contributed by atoms with van der Waals surface area (Å²) in [4.78, 5) is 21.9. The molecule has 16 heavy (non-hydrogen) atoms. The molecule has 0 aromatic carbocycles. The fourth-order valence-electron chi connectivity index (χ4n) is 0.739. The summed E-state index contributed by atoms with van der Waals surface area (Å²) in [5.74, 6) is -2.71. The molecule has 0 bridgehead atoms. The number of nitriles is 2. The molecule has 1 N–H and O–H groups in total. The van der Waals surface area contributed by atoms with E-state index in [0.717, 1.165) is 0 Å². The van der Waals surface area contributed by atoms with Gasteiger partial charge in [-0.25, -0.2) is 9.59 Å². The summed E-state index contributed by atoms with van der Waals surface area (Å²) >= 11 is 0. The quantitative estimate of drug-likeness (QED) is 0.427. The summed E-state index contributed by atoms with van der Waals surface area (Å²) < 4.78 is 4.75. The predicted molar refractivity (Wildman–Crippen MR) is 51.7 cm³/mol. The molecule has 1 unspecified atom stereocenters. The van der Waals surface area contributed by atoms with Crippen molar-refractivity contribution < 1.29 is 19.4 Å². The van der Waals surface area contributed by atoms with Crippen LogP contribution in [0.3, 0.4) is 0 Å². The van der Waals surface area contributed by atoms with E-state index < -0.39 is 29.2 Å². The van der Waals surface area contributed by atoms with E-state index in [1.807, 2.05) is 0 Å². The molecule has 0 amide bonds. The predicted octanol–water partition coefficient (Wildman–Crippen LogP) is 0.756. The molecule has 6 heteroatoms. The van der Waals surface area contributed by atoms with Crippen LogP contribution in [-0.2, 0) is 14.3 Å². The van der Waals surface area contributed by atoms with Crippen molar-refractivity contribution in [1.82, 2.24) is 0 Å². The second-order valence-corrected chi connectivity index (χ2v) is 2.90. The fourth-order valence-corrected chi connectivity index (χ4v) is 0.739. The Bertz CT molecular complexity index is 412. The van der Waals surface area contributed by atoms with E-state index in [1.165, 1.54) is 12.1 Å². The number of carbonyl (C=O) groups is 2. The van der Waals surface area contributed by atoms with E-state index in [-0.39, 0.29) is 0 Å². The third kappa shape index (κ3) is 3.43. The van der Waals surface area contributed by atoms with Crippen LogP contribution in [0.1, 0.15) is 20.3 Å². The van der Waals surface area contributed by atoms with Crippen LogP contribution in [0.15, 0.2) is 11.1 Å². The molecule has 6 nitrogen and oxygen atoms in total. The van der Waals surface area contributed by atoms with Gasteiger partial charge in [-0.05, 0) is 13.3 Å². The maximum absolute atomic E-state index is 11.3. The molecule has 0 spiro atoms. The van der Waals surface area contributed by atoms with Crippen LogP contribution in [0.4, 0.5) is 0 Å². The van der Waals surface area contributed by atoms with E-state index in [4.69, 9.17) is 20.4 Å². The smallest absolute Gasteiger partial charge is 0.350 e. The topological polar surface area (TPSA) is 111 Å². The maximum atomic E-state index is 11.3. The van der Waals surface area contributed by atoms with Gasteiger partial charge >= 0.3 is 11.9 Å². The first kappa shape index (κ1) is 13.7. The Kier molecular flexibility index (Phi) is 5.29. The van der Waals surface area contributed by atoms with Crippen LogP contribution >= 0.6 is 0 Å². The normalized spacial score (nSPS) is 12.8. The van der Waals surface area contributed by atoms with Gasteiger partial charge < -0.3 is 9.84 Å². The average molecular weight is 222 g/mol. The first-order chi connectivity index (χ1) is 7.47. The molecule has 0 radical (unpaired) electrons.